The molecular formula is C13H14N4O3. The molecule has 0 N–H and O–H groups in total. The lowest BCUT2D eigenvalue weighted by atomic mass is 10.1. The summed E-state index contributed by atoms with van der Waals surface area (Å²) in [4.78, 5) is 25.4. The molecule has 0 atom stereocenters. The number of carbonyl (C=O) groups is 1. The van der Waals surface area contributed by atoms with E-state index in [-0.39, 0.29) is 17.2 Å². The smallest absolute Gasteiger partial charge is 0.289 e. The molecule has 20 heavy (non-hydrogen) atoms. The molecular weight excluding hydrogens is 260 g/mol. The van der Waals surface area contributed by atoms with Crippen LogP contribution in [0.5, 0.6) is 0 Å². The largest absolute Gasteiger partial charge is 0.368 e. The molecule has 1 amide bonds. The highest BCUT2D eigenvalue weighted by atomic mass is 16.6. The molecule has 0 aromatic heterocycles. The van der Waals surface area contributed by atoms with E-state index in [0.29, 0.717) is 31.9 Å². The van der Waals surface area contributed by atoms with Gasteiger partial charge < -0.3 is 9.80 Å². The normalized spacial score (nSPS) is 14.8. The molecule has 104 valence electrons. The van der Waals surface area contributed by atoms with Gasteiger partial charge in [0.15, 0.2) is 0 Å². The van der Waals surface area contributed by atoms with Crippen LogP contribution in [0.15, 0.2) is 18.2 Å². The summed E-state index contributed by atoms with van der Waals surface area (Å²) < 4.78 is 0. The Morgan fingerprint density at radius 1 is 1.35 bits per heavy atom. The molecule has 1 saturated heterocycles. The van der Waals surface area contributed by atoms with Crippen molar-refractivity contribution in [2.24, 2.45) is 0 Å². The van der Waals surface area contributed by atoms with Crippen LogP contribution >= 0.6 is 0 Å². The number of nitro benzene ring substituents is 1. The first kappa shape index (κ1) is 13.8. The van der Waals surface area contributed by atoms with Gasteiger partial charge in [0.1, 0.15) is 11.6 Å². The van der Waals surface area contributed by atoms with Gasteiger partial charge in [-0.15, -0.1) is 0 Å². The van der Waals surface area contributed by atoms with E-state index >= 15 is 0 Å². The number of carbonyl (C=O) groups excluding carboxylic acids is 1. The highest BCUT2D eigenvalue weighted by molar-refractivity contribution is 5.73. The minimum Gasteiger partial charge on any atom is -0.368 e. The van der Waals surface area contributed by atoms with Gasteiger partial charge in [-0.05, 0) is 12.1 Å². The van der Waals surface area contributed by atoms with Gasteiger partial charge in [-0.3, -0.25) is 14.9 Å². The van der Waals surface area contributed by atoms with Gasteiger partial charge in [0.2, 0.25) is 5.91 Å². The first-order valence-corrected chi connectivity index (χ1v) is 6.22. The van der Waals surface area contributed by atoms with E-state index in [9.17, 15) is 14.9 Å². The molecule has 0 radical (unpaired) electrons. The molecule has 1 aromatic rings. The zero-order chi connectivity index (χ0) is 14.7. The maximum atomic E-state index is 11.3. The Kier molecular flexibility index (Phi) is 3.84. The van der Waals surface area contributed by atoms with Crippen LogP contribution in [-0.2, 0) is 4.79 Å². The van der Waals surface area contributed by atoms with E-state index < -0.39 is 4.92 Å². The van der Waals surface area contributed by atoms with Gasteiger partial charge in [0.25, 0.3) is 5.69 Å². The van der Waals surface area contributed by atoms with Crippen molar-refractivity contribution in [1.29, 1.82) is 5.26 Å². The van der Waals surface area contributed by atoms with Crippen molar-refractivity contribution < 1.29 is 9.72 Å². The van der Waals surface area contributed by atoms with Crippen LogP contribution < -0.4 is 4.90 Å². The fraction of sp³-hybridized carbons (Fsp3) is 0.385. The lowest BCUT2D eigenvalue weighted by molar-refractivity contribution is -0.385. The minimum atomic E-state index is -0.548. The molecule has 0 bridgehead atoms. The molecule has 0 saturated carbocycles. The van der Waals surface area contributed by atoms with Gasteiger partial charge in [0.05, 0.1) is 4.92 Å². The number of nitro groups is 1. The van der Waals surface area contributed by atoms with E-state index in [1.54, 1.807) is 11.0 Å². The second-order valence-corrected chi connectivity index (χ2v) is 4.56. The Labute approximate surface area is 116 Å². The quantitative estimate of drug-likeness (QED) is 0.595. The van der Waals surface area contributed by atoms with E-state index in [2.05, 4.69) is 0 Å². The van der Waals surface area contributed by atoms with Crippen molar-refractivity contribution in [2.45, 2.75) is 6.92 Å². The molecule has 1 aromatic carbocycles. The third-order valence-corrected chi connectivity index (χ3v) is 3.39. The summed E-state index contributed by atoms with van der Waals surface area (Å²) in [5.41, 5.74) is 0.582. The number of nitriles is 1. The zero-order valence-corrected chi connectivity index (χ0v) is 11.1. The highest BCUT2D eigenvalue weighted by Crippen LogP contribution is 2.25. The summed E-state index contributed by atoms with van der Waals surface area (Å²) in [5.74, 6) is 0.0375. The Balaban J connectivity index is 2.19. The Hall–Kier alpha value is -2.62. The van der Waals surface area contributed by atoms with E-state index in [1.165, 1.54) is 19.1 Å². The standard InChI is InChI=1S/C13H14N4O3/c1-10(18)15-4-6-16(7-5-15)12-3-2-11(9-14)13(8-12)17(19)20/h2-3,8H,4-7H2,1H3. The number of hydrogen-bond acceptors (Lipinski definition) is 5. The van der Waals surface area contributed by atoms with Gasteiger partial charge in [0, 0.05) is 44.9 Å². The second kappa shape index (κ2) is 5.57. The van der Waals surface area contributed by atoms with Gasteiger partial charge >= 0.3 is 0 Å². The van der Waals surface area contributed by atoms with Crippen molar-refractivity contribution in [2.75, 3.05) is 31.1 Å². The first-order valence-electron chi connectivity index (χ1n) is 6.22. The Morgan fingerprint density at radius 2 is 2.00 bits per heavy atom. The average Bonchev–Trinajstić information content (AvgIpc) is 2.46. The van der Waals surface area contributed by atoms with Crippen molar-refractivity contribution in [3.05, 3.63) is 33.9 Å². The predicted molar refractivity (Wildman–Crippen MR) is 72.3 cm³/mol. The van der Waals surface area contributed by atoms with E-state index in [0.717, 1.165) is 0 Å². The van der Waals surface area contributed by atoms with Gasteiger partial charge in [-0.1, -0.05) is 0 Å². The van der Waals surface area contributed by atoms with Crippen molar-refractivity contribution in [3.63, 3.8) is 0 Å². The van der Waals surface area contributed by atoms with Crippen LogP contribution in [0.2, 0.25) is 0 Å². The summed E-state index contributed by atoms with van der Waals surface area (Å²) >= 11 is 0. The third kappa shape index (κ3) is 2.69. The molecule has 1 aliphatic rings. The third-order valence-electron chi connectivity index (χ3n) is 3.39. The lowest BCUT2D eigenvalue weighted by Crippen LogP contribution is -2.48. The number of piperazine rings is 1. The maximum Gasteiger partial charge on any atom is 0.289 e. The first-order chi connectivity index (χ1) is 9.52. The van der Waals surface area contributed by atoms with Crippen LogP contribution in [0.1, 0.15) is 12.5 Å². The number of benzene rings is 1. The van der Waals surface area contributed by atoms with E-state index in [1.807, 2.05) is 11.0 Å². The molecule has 0 spiro atoms. The molecule has 7 heteroatoms. The summed E-state index contributed by atoms with van der Waals surface area (Å²) in [6, 6.07) is 6.40. The number of amides is 1. The monoisotopic (exact) mass is 274 g/mol. The molecule has 2 rings (SSSR count). The van der Waals surface area contributed by atoms with Crippen molar-refractivity contribution in [1.82, 2.24) is 4.90 Å². The predicted octanol–water partition coefficient (Wildman–Crippen LogP) is 1.13. The number of anilines is 1. The summed E-state index contributed by atoms with van der Waals surface area (Å²) in [5, 5.41) is 19.8. The summed E-state index contributed by atoms with van der Waals surface area (Å²) in [7, 11) is 0. The zero-order valence-electron chi connectivity index (χ0n) is 11.1. The molecule has 0 aliphatic carbocycles. The fourth-order valence-corrected chi connectivity index (χ4v) is 2.24. The van der Waals surface area contributed by atoms with Crippen LogP contribution in [0.4, 0.5) is 11.4 Å². The molecule has 1 fully saturated rings. The Morgan fingerprint density at radius 3 is 2.50 bits per heavy atom. The van der Waals surface area contributed by atoms with Crippen LogP contribution in [0.3, 0.4) is 0 Å². The maximum absolute atomic E-state index is 11.3. The van der Waals surface area contributed by atoms with Crippen molar-refractivity contribution >= 4 is 17.3 Å². The van der Waals surface area contributed by atoms with Gasteiger partial charge in [-0.2, -0.15) is 5.26 Å². The second-order valence-electron chi connectivity index (χ2n) is 4.56. The lowest BCUT2D eigenvalue weighted by Gasteiger charge is -2.35. The molecule has 0 unspecified atom stereocenters. The summed E-state index contributed by atoms with van der Waals surface area (Å²) in [6.45, 7) is 3.99. The van der Waals surface area contributed by atoms with Crippen LogP contribution in [0, 0.1) is 21.4 Å². The summed E-state index contributed by atoms with van der Waals surface area (Å²) in [6.07, 6.45) is 0. The SMILES string of the molecule is CC(=O)N1CCN(c2ccc(C#N)c([N+](=O)[O-])c2)CC1. The fourth-order valence-electron chi connectivity index (χ4n) is 2.24. The number of hydrogen-bond donors (Lipinski definition) is 0. The van der Waals surface area contributed by atoms with Gasteiger partial charge in [-0.25, -0.2) is 0 Å². The van der Waals surface area contributed by atoms with Crippen molar-refractivity contribution in [3.8, 4) is 6.07 Å². The number of rotatable bonds is 2. The number of nitrogens with zero attached hydrogens (tertiary/aromatic N) is 4. The van der Waals surface area contributed by atoms with Crippen LogP contribution in [-0.4, -0.2) is 41.9 Å². The van der Waals surface area contributed by atoms with Crippen LogP contribution in [0.25, 0.3) is 0 Å². The molecule has 1 heterocycles. The topological polar surface area (TPSA) is 90.5 Å². The minimum absolute atomic E-state index is 0.0375. The van der Waals surface area contributed by atoms with E-state index in [4.69, 9.17) is 5.26 Å². The Bertz CT molecular complexity index is 586. The molecule has 7 nitrogen and oxygen atoms in total. The molecule has 1 aliphatic heterocycles. The highest BCUT2D eigenvalue weighted by Gasteiger charge is 2.21. The average molecular weight is 274 g/mol.